The van der Waals surface area contributed by atoms with Gasteiger partial charge in [0.15, 0.2) is 0 Å². The highest BCUT2D eigenvalue weighted by molar-refractivity contribution is 5.90. The number of amides is 2. The maximum absolute atomic E-state index is 12.9. The molecule has 1 rings (SSSR count). The quantitative estimate of drug-likeness (QED) is 0.793. The number of carbonyl (C=O) groups is 2. The van der Waals surface area contributed by atoms with Crippen molar-refractivity contribution in [2.75, 3.05) is 13.1 Å². The van der Waals surface area contributed by atoms with E-state index in [2.05, 4.69) is 5.32 Å². The van der Waals surface area contributed by atoms with Crippen molar-refractivity contribution in [1.82, 2.24) is 10.2 Å². The molecule has 0 aromatic heterocycles. The third-order valence-electron chi connectivity index (χ3n) is 4.46. The van der Waals surface area contributed by atoms with Crippen LogP contribution in [0.4, 0.5) is 4.79 Å². The molecule has 1 aliphatic rings. The maximum Gasteiger partial charge on any atom is 0.411 e. The van der Waals surface area contributed by atoms with Crippen molar-refractivity contribution in [2.45, 2.75) is 91.4 Å². The van der Waals surface area contributed by atoms with Crippen LogP contribution < -0.4 is 5.32 Å². The van der Waals surface area contributed by atoms with E-state index in [1.54, 1.807) is 4.90 Å². The maximum atomic E-state index is 12.9. The van der Waals surface area contributed by atoms with Crippen LogP contribution in [0.15, 0.2) is 0 Å². The highest BCUT2D eigenvalue weighted by Crippen LogP contribution is 2.34. The Morgan fingerprint density at radius 1 is 1.24 bits per heavy atom. The molecule has 2 N–H and O–H groups in total. The van der Waals surface area contributed by atoms with Gasteiger partial charge in [-0.05, 0) is 51.9 Å². The average molecular weight is 357 g/mol. The molecule has 2 amide bonds. The summed E-state index contributed by atoms with van der Waals surface area (Å²) in [6, 6.07) is 0. The first kappa shape index (κ1) is 21.7. The molecule has 146 valence electrons. The standard InChI is InChI=1S/C19H36N2O4/c1-8-19(15(23)20-13-14(22)12-17(2,3)4)10-9-11-21(19)16(24)25-18(5,6)7/h14,22H,8-13H2,1-7H3,(H,20,23)/t14-,19+/m0/s1. The summed E-state index contributed by atoms with van der Waals surface area (Å²) < 4.78 is 5.48. The molecule has 25 heavy (non-hydrogen) atoms. The molecule has 2 atom stereocenters. The SMILES string of the molecule is CC[C@]1(C(=O)NC[C@@H](O)CC(C)(C)C)CCCN1C(=O)OC(C)(C)C. The van der Waals surface area contributed by atoms with E-state index in [1.165, 1.54) is 0 Å². The van der Waals surface area contributed by atoms with Gasteiger partial charge in [0.05, 0.1) is 6.10 Å². The number of ether oxygens (including phenoxy) is 1. The highest BCUT2D eigenvalue weighted by Gasteiger charge is 2.49. The van der Waals surface area contributed by atoms with Crippen LogP contribution in [-0.4, -0.2) is 52.3 Å². The van der Waals surface area contributed by atoms with Gasteiger partial charge in [-0.25, -0.2) is 4.79 Å². The number of nitrogens with zero attached hydrogens (tertiary/aromatic N) is 1. The van der Waals surface area contributed by atoms with Crippen molar-refractivity contribution in [3.8, 4) is 0 Å². The van der Waals surface area contributed by atoms with Gasteiger partial charge in [0, 0.05) is 13.1 Å². The largest absolute Gasteiger partial charge is 0.444 e. The summed E-state index contributed by atoms with van der Waals surface area (Å²) in [5.74, 6) is -0.202. The number of aliphatic hydroxyl groups is 1. The van der Waals surface area contributed by atoms with Crippen LogP contribution in [0.5, 0.6) is 0 Å². The average Bonchev–Trinajstić information content (AvgIpc) is 2.86. The zero-order valence-electron chi connectivity index (χ0n) is 16.9. The van der Waals surface area contributed by atoms with Crippen LogP contribution in [-0.2, 0) is 9.53 Å². The summed E-state index contributed by atoms with van der Waals surface area (Å²) in [5, 5.41) is 13.0. The Morgan fingerprint density at radius 3 is 2.32 bits per heavy atom. The Kier molecular flexibility index (Phi) is 6.90. The van der Waals surface area contributed by atoms with Crippen molar-refractivity contribution in [3.63, 3.8) is 0 Å². The first-order valence-electron chi connectivity index (χ1n) is 9.28. The van der Waals surface area contributed by atoms with E-state index < -0.39 is 23.3 Å². The molecule has 0 unspecified atom stereocenters. The Bertz CT molecular complexity index is 479. The molecule has 0 aromatic carbocycles. The van der Waals surface area contributed by atoms with Crippen molar-refractivity contribution >= 4 is 12.0 Å². The smallest absolute Gasteiger partial charge is 0.411 e. The van der Waals surface area contributed by atoms with E-state index in [4.69, 9.17) is 4.74 Å². The summed E-state index contributed by atoms with van der Waals surface area (Å²) in [7, 11) is 0. The zero-order chi connectivity index (χ0) is 19.5. The summed E-state index contributed by atoms with van der Waals surface area (Å²) >= 11 is 0. The van der Waals surface area contributed by atoms with Gasteiger partial charge in [-0.1, -0.05) is 27.7 Å². The number of carbonyl (C=O) groups excluding carboxylic acids is 2. The lowest BCUT2D eigenvalue weighted by molar-refractivity contribution is -0.132. The van der Waals surface area contributed by atoms with Gasteiger partial charge in [-0.15, -0.1) is 0 Å². The molecule has 6 nitrogen and oxygen atoms in total. The normalized spacial score (nSPS) is 22.6. The van der Waals surface area contributed by atoms with Gasteiger partial charge in [0.1, 0.15) is 11.1 Å². The molecule has 0 spiro atoms. The van der Waals surface area contributed by atoms with Crippen LogP contribution in [0.2, 0.25) is 0 Å². The first-order chi connectivity index (χ1) is 11.3. The van der Waals surface area contributed by atoms with Crippen molar-refractivity contribution < 1.29 is 19.4 Å². The fraction of sp³-hybridized carbons (Fsp3) is 0.895. The lowest BCUT2D eigenvalue weighted by Crippen LogP contribution is -2.58. The third-order valence-corrected chi connectivity index (χ3v) is 4.46. The molecule has 1 heterocycles. The van der Waals surface area contributed by atoms with Crippen LogP contribution in [0.1, 0.15) is 74.1 Å². The lowest BCUT2D eigenvalue weighted by Gasteiger charge is -2.37. The van der Waals surface area contributed by atoms with Gasteiger partial charge in [0.25, 0.3) is 0 Å². The number of hydrogen-bond acceptors (Lipinski definition) is 4. The summed E-state index contributed by atoms with van der Waals surface area (Å²) in [6.45, 7) is 14.2. The number of nitrogens with one attached hydrogen (secondary N) is 1. The van der Waals surface area contributed by atoms with Crippen LogP contribution in [0.25, 0.3) is 0 Å². The lowest BCUT2D eigenvalue weighted by atomic mass is 9.88. The van der Waals surface area contributed by atoms with E-state index in [0.29, 0.717) is 25.8 Å². The number of rotatable bonds is 5. The first-order valence-corrected chi connectivity index (χ1v) is 9.28. The van der Waals surface area contributed by atoms with Crippen LogP contribution in [0.3, 0.4) is 0 Å². The molecular formula is C19H36N2O4. The predicted octanol–water partition coefficient (Wildman–Crippen LogP) is 3.08. The van der Waals surface area contributed by atoms with E-state index in [9.17, 15) is 14.7 Å². The molecule has 0 saturated carbocycles. The van der Waals surface area contributed by atoms with Crippen molar-refractivity contribution in [2.24, 2.45) is 5.41 Å². The second kappa shape index (κ2) is 7.94. The second-order valence-corrected chi connectivity index (χ2v) is 9.25. The predicted molar refractivity (Wildman–Crippen MR) is 98.3 cm³/mol. The molecule has 1 aliphatic heterocycles. The molecular weight excluding hydrogens is 320 g/mol. The van der Waals surface area contributed by atoms with Gasteiger partial charge < -0.3 is 15.2 Å². The van der Waals surface area contributed by atoms with E-state index >= 15 is 0 Å². The third kappa shape index (κ3) is 6.17. The van der Waals surface area contributed by atoms with Gasteiger partial charge in [-0.3, -0.25) is 9.69 Å². The van der Waals surface area contributed by atoms with E-state index in [1.807, 2.05) is 48.5 Å². The summed E-state index contributed by atoms with van der Waals surface area (Å²) in [5.41, 5.74) is -1.50. The Morgan fingerprint density at radius 2 is 1.84 bits per heavy atom. The minimum atomic E-state index is -0.885. The summed E-state index contributed by atoms with van der Waals surface area (Å²) in [6.07, 6.45) is 1.46. The Balaban J connectivity index is 2.79. The molecule has 0 radical (unpaired) electrons. The molecule has 1 fully saturated rings. The second-order valence-electron chi connectivity index (χ2n) is 9.25. The van der Waals surface area contributed by atoms with Crippen molar-refractivity contribution in [1.29, 1.82) is 0 Å². The zero-order valence-corrected chi connectivity index (χ0v) is 16.9. The van der Waals surface area contributed by atoms with Crippen molar-refractivity contribution in [3.05, 3.63) is 0 Å². The molecule has 6 heteroatoms. The monoisotopic (exact) mass is 356 g/mol. The van der Waals surface area contributed by atoms with Gasteiger partial charge in [-0.2, -0.15) is 0 Å². The summed E-state index contributed by atoms with van der Waals surface area (Å²) in [4.78, 5) is 27.0. The fourth-order valence-corrected chi connectivity index (χ4v) is 3.38. The Labute approximate surface area is 152 Å². The number of hydrogen-bond donors (Lipinski definition) is 2. The van der Waals surface area contributed by atoms with Gasteiger partial charge >= 0.3 is 6.09 Å². The van der Waals surface area contributed by atoms with Crippen LogP contribution >= 0.6 is 0 Å². The number of aliphatic hydroxyl groups excluding tert-OH is 1. The van der Waals surface area contributed by atoms with Crippen LogP contribution in [0, 0.1) is 5.41 Å². The van der Waals surface area contributed by atoms with E-state index in [0.717, 1.165) is 6.42 Å². The highest BCUT2D eigenvalue weighted by atomic mass is 16.6. The van der Waals surface area contributed by atoms with E-state index in [-0.39, 0.29) is 17.9 Å². The molecule has 0 aromatic rings. The Hall–Kier alpha value is -1.30. The molecule has 1 saturated heterocycles. The minimum Gasteiger partial charge on any atom is -0.444 e. The molecule has 0 bridgehead atoms. The number of likely N-dealkylation sites (tertiary alicyclic amines) is 1. The molecule has 0 aliphatic carbocycles. The topological polar surface area (TPSA) is 78.9 Å². The minimum absolute atomic E-state index is 0.0114. The van der Waals surface area contributed by atoms with Gasteiger partial charge in [0.2, 0.25) is 5.91 Å². The fourth-order valence-electron chi connectivity index (χ4n) is 3.38.